The Labute approximate surface area is 144 Å². The van der Waals surface area contributed by atoms with Crippen LogP contribution in [0.5, 0.6) is 0 Å². The van der Waals surface area contributed by atoms with E-state index < -0.39 is 11.6 Å². The molecule has 2 heterocycles. The normalized spacial score (nSPS) is 11.0. The molecule has 3 aromatic rings. The Morgan fingerprint density at radius 1 is 1.20 bits per heavy atom. The molecule has 0 bridgehead atoms. The number of fused-ring (bicyclic) bond motifs is 1. The molecular formula is C19H19NO5. The number of carbonyl (C=O) groups excluding carboxylic acids is 1. The lowest BCUT2D eigenvalue weighted by Gasteiger charge is -2.08. The van der Waals surface area contributed by atoms with Crippen molar-refractivity contribution in [2.24, 2.45) is 0 Å². The van der Waals surface area contributed by atoms with Crippen LogP contribution in [0.25, 0.3) is 11.0 Å². The third kappa shape index (κ3) is 3.33. The molecule has 6 heteroatoms. The second kappa shape index (κ2) is 6.93. The molecule has 2 aromatic heterocycles. The van der Waals surface area contributed by atoms with Crippen LogP contribution in [0.15, 0.2) is 38.0 Å². The fraction of sp³-hybridized carbons (Fsp3) is 0.316. The zero-order valence-electron chi connectivity index (χ0n) is 14.4. The average molecular weight is 341 g/mol. The van der Waals surface area contributed by atoms with Crippen LogP contribution >= 0.6 is 0 Å². The van der Waals surface area contributed by atoms with E-state index in [-0.39, 0.29) is 6.61 Å². The quantitative estimate of drug-likeness (QED) is 0.521. The highest BCUT2D eigenvalue weighted by atomic mass is 16.5. The van der Waals surface area contributed by atoms with E-state index >= 15 is 0 Å². The summed E-state index contributed by atoms with van der Waals surface area (Å²) in [5, 5.41) is 4.60. The lowest BCUT2D eigenvalue weighted by Crippen LogP contribution is -2.10. The van der Waals surface area contributed by atoms with Gasteiger partial charge in [-0.1, -0.05) is 31.1 Å². The summed E-state index contributed by atoms with van der Waals surface area (Å²) in [7, 11) is 0. The molecule has 0 atom stereocenters. The SMILES string of the molecule is CCc1ccc2c(COC(=O)c3c(CC)noc3C)cc(=O)oc2c1. The van der Waals surface area contributed by atoms with Gasteiger partial charge in [0.2, 0.25) is 0 Å². The molecular weight excluding hydrogens is 322 g/mol. The predicted molar refractivity (Wildman–Crippen MR) is 91.6 cm³/mol. The minimum absolute atomic E-state index is 0.0276. The van der Waals surface area contributed by atoms with Gasteiger partial charge in [0.1, 0.15) is 23.5 Å². The molecule has 1 aromatic carbocycles. The van der Waals surface area contributed by atoms with E-state index in [4.69, 9.17) is 13.7 Å². The standard InChI is InChI=1S/C19H19NO5/c1-4-12-6-7-14-13(9-17(21)24-16(14)8-12)10-23-19(22)18-11(3)25-20-15(18)5-2/h6-9H,4-5,10H2,1-3H3. The molecule has 0 unspecified atom stereocenters. The van der Waals surface area contributed by atoms with Gasteiger partial charge in [-0.2, -0.15) is 0 Å². The Morgan fingerprint density at radius 3 is 2.72 bits per heavy atom. The summed E-state index contributed by atoms with van der Waals surface area (Å²) in [4.78, 5) is 24.2. The van der Waals surface area contributed by atoms with Gasteiger partial charge in [0.15, 0.2) is 0 Å². The minimum Gasteiger partial charge on any atom is -0.457 e. The van der Waals surface area contributed by atoms with E-state index in [1.807, 2.05) is 32.0 Å². The summed E-state index contributed by atoms with van der Waals surface area (Å²) >= 11 is 0. The molecule has 0 fully saturated rings. The molecule has 25 heavy (non-hydrogen) atoms. The number of aromatic nitrogens is 1. The Morgan fingerprint density at radius 2 is 2.00 bits per heavy atom. The molecule has 3 rings (SSSR count). The molecule has 6 nitrogen and oxygen atoms in total. The number of hydrogen-bond donors (Lipinski definition) is 0. The predicted octanol–water partition coefficient (Wildman–Crippen LogP) is 3.57. The number of ether oxygens (including phenoxy) is 1. The first kappa shape index (κ1) is 17.0. The van der Waals surface area contributed by atoms with Crippen LogP contribution < -0.4 is 5.63 Å². The van der Waals surface area contributed by atoms with Crippen molar-refractivity contribution in [3.05, 3.63) is 62.8 Å². The van der Waals surface area contributed by atoms with Gasteiger partial charge in [-0.05, 0) is 31.4 Å². The van der Waals surface area contributed by atoms with Gasteiger partial charge in [-0.3, -0.25) is 0 Å². The molecule has 0 N–H and O–H groups in total. The summed E-state index contributed by atoms with van der Waals surface area (Å²) < 4.78 is 15.7. The maximum atomic E-state index is 12.4. The average Bonchev–Trinajstić information content (AvgIpc) is 2.99. The van der Waals surface area contributed by atoms with E-state index in [1.165, 1.54) is 6.07 Å². The van der Waals surface area contributed by atoms with Gasteiger partial charge in [0.25, 0.3) is 0 Å². The maximum absolute atomic E-state index is 12.4. The van der Waals surface area contributed by atoms with Gasteiger partial charge in [0.05, 0.1) is 5.69 Å². The second-order valence-electron chi connectivity index (χ2n) is 5.76. The first-order chi connectivity index (χ1) is 12.0. The van der Waals surface area contributed by atoms with Crippen molar-refractivity contribution in [1.29, 1.82) is 0 Å². The van der Waals surface area contributed by atoms with Crippen LogP contribution in [0.1, 0.15) is 46.8 Å². The van der Waals surface area contributed by atoms with E-state index in [0.29, 0.717) is 34.6 Å². The maximum Gasteiger partial charge on any atom is 0.344 e. The molecule has 0 amide bonds. The van der Waals surface area contributed by atoms with Crippen LogP contribution in [0.4, 0.5) is 0 Å². The van der Waals surface area contributed by atoms with Crippen LogP contribution in [0.3, 0.4) is 0 Å². The topological polar surface area (TPSA) is 82.5 Å². The summed E-state index contributed by atoms with van der Waals surface area (Å²) in [6, 6.07) is 7.03. The van der Waals surface area contributed by atoms with Gasteiger partial charge >= 0.3 is 11.6 Å². The number of nitrogens with zero attached hydrogens (tertiary/aromatic N) is 1. The number of benzene rings is 1. The fourth-order valence-corrected chi connectivity index (χ4v) is 2.75. The number of aryl methyl sites for hydroxylation is 3. The molecule has 0 aliphatic heterocycles. The summed E-state index contributed by atoms with van der Waals surface area (Å²) in [5.74, 6) is -0.0889. The molecule has 0 saturated carbocycles. The van der Waals surface area contributed by atoms with E-state index in [1.54, 1.807) is 6.92 Å². The minimum atomic E-state index is -0.512. The van der Waals surface area contributed by atoms with E-state index in [9.17, 15) is 9.59 Å². The zero-order valence-corrected chi connectivity index (χ0v) is 14.4. The Kier molecular flexibility index (Phi) is 4.70. The fourth-order valence-electron chi connectivity index (χ4n) is 2.75. The van der Waals surface area contributed by atoms with Crippen molar-refractivity contribution in [3.8, 4) is 0 Å². The third-order valence-electron chi connectivity index (χ3n) is 4.13. The van der Waals surface area contributed by atoms with Crippen molar-refractivity contribution in [2.75, 3.05) is 0 Å². The zero-order chi connectivity index (χ0) is 18.0. The molecule has 0 aliphatic rings. The smallest absolute Gasteiger partial charge is 0.344 e. The first-order valence-electron chi connectivity index (χ1n) is 8.21. The van der Waals surface area contributed by atoms with Crippen LogP contribution in [-0.4, -0.2) is 11.1 Å². The number of carbonyl (C=O) groups is 1. The first-order valence-corrected chi connectivity index (χ1v) is 8.21. The number of esters is 1. The summed E-state index contributed by atoms with van der Waals surface area (Å²) in [5.41, 5.74) is 2.61. The van der Waals surface area contributed by atoms with Gasteiger partial charge in [0, 0.05) is 17.0 Å². The van der Waals surface area contributed by atoms with Gasteiger partial charge in [-0.25, -0.2) is 9.59 Å². The molecule has 0 radical (unpaired) electrons. The van der Waals surface area contributed by atoms with Crippen LogP contribution in [0, 0.1) is 6.92 Å². The lowest BCUT2D eigenvalue weighted by atomic mass is 10.1. The van der Waals surface area contributed by atoms with Gasteiger partial charge in [-0.15, -0.1) is 0 Å². The molecule has 130 valence electrons. The van der Waals surface area contributed by atoms with E-state index in [2.05, 4.69) is 5.16 Å². The van der Waals surface area contributed by atoms with Crippen molar-refractivity contribution < 1.29 is 18.5 Å². The lowest BCUT2D eigenvalue weighted by molar-refractivity contribution is 0.0470. The van der Waals surface area contributed by atoms with Crippen molar-refractivity contribution in [1.82, 2.24) is 5.16 Å². The monoisotopic (exact) mass is 341 g/mol. The van der Waals surface area contributed by atoms with E-state index in [0.717, 1.165) is 17.4 Å². The van der Waals surface area contributed by atoms with Crippen LogP contribution in [-0.2, 0) is 24.2 Å². The Hall–Kier alpha value is -2.89. The summed E-state index contributed by atoms with van der Waals surface area (Å²) in [6.45, 7) is 5.55. The summed E-state index contributed by atoms with van der Waals surface area (Å²) in [6.07, 6.45) is 1.41. The molecule has 0 aliphatic carbocycles. The highest BCUT2D eigenvalue weighted by Gasteiger charge is 2.21. The largest absolute Gasteiger partial charge is 0.457 e. The second-order valence-corrected chi connectivity index (χ2v) is 5.76. The Bertz CT molecular complexity index is 983. The number of hydrogen-bond acceptors (Lipinski definition) is 6. The highest BCUT2D eigenvalue weighted by molar-refractivity contribution is 5.91. The Balaban J connectivity index is 1.89. The third-order valence-corrected chi connectivity index (χ3v) is 4.13. The van der Waals surface area contributed by atoms with Crippen molar-refractivity contribution >= 4 is 16.9 Å². The van der Waals surface area contributed by atoms with Crippen LogP contribution in [0.2, 0.25) is 0 Å². The van der Waals surface area contributed by atoms with Gasteiger partial charge < -0.3 is 13.7 Å². The molecule has 0 saturated heterocycles. The molecule has 0 spiro atoms. The highest BCUT2D eigenvalue weighted by Crippen LogP contribution is 2.21. The van der Waals surface area contributed by atoms with Crippen molar-refractivity contribution in [2.45, 2.75) is 40.2 Å². The van der Waals surface area contributed by atoms with Crippen molar-refractivity contribution in [3.63, 3.8) is 0 Å². The number of rotatable bonds is 5.